The second kappa shape index (κ2) is 11.7. The maximum atomic E-state index is 12.4. The van der Waals surface area contributed by atoms with E-state index in [4.69, 9.17) is 13.9 Å². The topological polar surface area (TPSA) is 118 Å². The number of furan rings is 1. The van der Waals surface area contributed by atoms with Gasteiger partial charge >= 0.3 is 5.97 Å². The molecule has 2 heterocycles. The number of benzene rings is 2. The van der Waals surface area contributed by atoms with Gasteiger partial charge in [0.25, 0.3) is 17.7 Å². The molecule has 0 bridgehead atoms. The summed E-state index contributed by atoms with van der Waals surface area (Å²) in [5, 5.41) is 2.47. The van der Waals surface area contributed by atoms with E-state index >= 15 is 0 Å². The summed E-state index contributed by atoms with van der Waals surface area (Å²) in [6.45, 7) is 0.536. The first-order valence-corrected chi connectivity index (χ1v) is 11.4. The summed E-state index contributed by atoms with van der Waals surface area (Å²) in [6, 6.07) is 18.9. The molecule has 186 valence electrons. The van der Waals surface area contributed by atoms with Crippen molar-refractivity contribution in [3.8, 4) is 11.5 Å². The third-order valence-electron chi connectivity index (χ3n) is 5.50. The van der Waals surface area contributed by atoms with Gasteiger partial charge in [0.2, 0.25) is 0 Å². The predicted octanol–water partition coefficient (Wildman–Crippen LogP) is 2.33. The molecular weight excluding hydrogens is 466 g/mol. The van der Waals surface area contributed by atoms with Gasteiger partial charge in [-0.3, -0.25) is 19.2 Å². The Morgan fingerprint density at radius 1 is 0.806 bits per heavy atom. The third-order valence-corrected chi connectivity index (χ3v) is 5.50. The molecule has 1 aliphatic heterocycles. The zero-order valence-corrected chi connectivity index (χ0v) is 19.4. The van der Waals surface area contributed by atoms with Crippen LogP contribution >= 0.6 is 0 Å². The highest BCUT2D eigenvalue weighted by molar-refractivity contribution is 5.96. The van der Waals surface area contributed by atoms with E-state index in [9.17, 15) is 19.2 Å². The highest BCUT2D eigenvalue weighted by atomic mass is 16.5. The fourth-order valence-corrected chi connectivity index (χ4v) is 3.55. The molecule has 1 saturated heterocycles. The van der Waals surface area contributed by atoms with E-state index in [2.05, 4.69) is 5.32 Å². The average Bonchev–Trinajstić information content (AvgIpc) is 3.46. The molecular formula is C26H25N3O7. The van der Waals surface area contributed by atoms with E-state index in [1.807, 2.05) is 30.3 Å². The molecule has 10 heteroatoms. The van der Waals surface area contributed by atoms with E-state index in [-0.39, 0.29) is 24.1 Å². The normalized spacial score (nSPS) is 13.1. The van der Waals surface area contributed by atoms with Gasteiger partial charge in [0.15, 0.2) is 12.4 Å². The van der Waals surface area contributed by atoms with Gasteiger partial charge < -0.3 is 29.0 Å². The standard InChI is InChI=1S/C26H25N3O7/c30-23(28-12-14-29(15-13-28)26(33)22-7-4-16-34-22)18-35-24(31)17-27-25(32)19-8-10-21(11-9-19)36-20-5-2-1-3-6-20/h1-11,16H,12-15,17-18H2,(H,27,32). The Balaban J connectivity index is 1.15. The van der Waals surface area contributed by atoms with Crippen LogP contribution in [0.25, 0.3) is 0 Å². The van der Waals surface area contributed by atoms with Crippen molar-refractivity contribution in [3.05, 3.63) is 84.3 Å². The Bertz CT molecular complexity index is 1190. The van der Waals surface area contributed by atoms with Crippen LogP contribution in [0.15, 0.2) is 77.4 Å². The Morgan fingerprint density at radius 2 is 1.47 bits per heavy atom. The molecule has 0 saturated carbocycles. The zero-order valence-electron chi connectivity index (χ0n) is 19.4. The smallest absolute Gasteiger partial charge is 0.325 e. The van der Waals surface area contributed by atoms with Crippen molar-refractivity contribution in [2.45, 2.75) is 0 Å². The van der Waals surface area contributed by atoms with Crippen LogP contribution in [-0.4, -0.2) is 72.8 Å². The first kappa shape index (κ1) is 24.5. The van der Waals surface area contributed by atoms with Gasteiger partial charge in [-0.05, 0) is 48.5 Å². The van der Waals surface area contributed by atoms with Crippen LogP contribution in [0.4, 0.5) is 0 Å². The van der Waals surface area contributed by atoms with Crippen molar-refractivity contribution < 1.29 is 33.1 Å². The lowest BCUT2D eigenvalue weighted by Gasteiger charge is -2.34. The number of hydrogen-bond donors (Lipinski definition) is 1. The molecule has 1 N–H and O–H groups in total. The van der Waals surface area contributed by atoms with E-state index < -0.39 is 18.5 Å². The highest BCUT2D eigenvalue weighted by Crippen LogP contribution is 2.21. The number of hydrogen-bond acceptors (Lipinski definition) is 7. The average molecular weight is 492 g/mol. The van der Waals surface area contributed by atoms with Crippen molar-refractivity contribution in [3.63, 3.8) is 0 Å². The number of nitrogens with one attached hydrogen (secondary N) is 1. The number of carbonyl (C=O) groups excluding carboxylic acids is 4. The summed E-state index contributed by atoms with van der Waals surface area (Å²) >= 11 is 0. The van der Waals surface area contributed by atoms with Crippen LogP contribution in [0.3, 0.4) is 0 Å². The quantitative estimate of drug-likeness (QED) is 0.481. The Hall–Kier alpha value is -4.60. The zero-order chi connectivity index (χ0) is 25.3. The third kappa shape index (κ3) is 6.50. The minimum atomic E-state index is -0.729. The van der Waals surface area contributed by atoms with Crippen molar-refractivity contribution in [2.75, 3.05) is 39.3 Å². The highest BCUT2D eigenvalue weighted by Gasteiger charge is 2.26. The van der Waals surface area contributed by atoms with Crippen LogP contribution in [0.5, 0.6) is 11.5 Å². The molecule has 1 fully saturated rings. The lowest BCUT2D eigenvalue weighted by Crippen LogP contribution is -2.51. The summed E-state index contributed by atoms with van der Waals surface area (Å²) in [5.41, 5.74) is 0.348. The molecule has 0 atom stereocenters. The van der Waals surface area contributed by atoms with Crippen LogP contribution in [0, 0.1) is 0 Å². The molecule has 36 heavy (non-hydrogen) atoms. The monoisotopic (exact) mass is 491 g/mol. The number of ether oxygens (including phenoxy) is 2. The van der Waals surface area contributed by atoms with Crippen molar-refractivity contribution >= 4 is 23.7 Å². The Morgan fingerprint density at radius 3 is 2.14 bits per heavy atom. The summed E-state index contributed by atoms with van der Waals surface area (Å²) in [7, 11) is 0. The van der Waals surface area contributed by atoms with E-state index in [0.717, 1.165) is 0 Å². The number of nitrogens with zero attached hydrogens (tertiary/aromatic N) is 2. The molecule has 4 rings (SSSR count). The maximum absolute atomic E-state index is 12.4. The van der Waals surface area contributed by atoms with E-state index in [0.29, 0.717) is 43.2 Å². The number of esters is 1. The molecule has 0 aliphatic carbocycles. The van der Waals surface area contributed by atoms with Gasteiger partial charge in [0.05, 0.1) is 6.26 Å². The second-order valence-corrected chi connectivity index (χ2v) is 7.93. The number of amides is 3. The molecule has 3 amide bonds. The maximum Gasteiger partial charge on any atom is 0.325 e. The fourth-order valence-electron chi connectivity index (χ4n) is 3.55. The van der Waals surface area contributed by atoms with Gasteiger partial charge in [-0.2, -0.15) is 0 Å². The van der Waals surface area contributed by atoms with Gasteiger partial charge in [-0.25, -0.2) is 0 Å². The number of carbonyl (C=O) groups is 4. The van der Waals surface area contributed by atoms with Crippen LogP contribution in [-0.2, 0) is 14.3 Å². The molecule has 10 nitrogen and oxygen atoms in total. The summed E-state index contributed by atoms with van der Waals surface area (Å²) in [5.74, 6) is -0.282. The molecule has 0 unspecified atom stereocenters. The van der Waals surface area contributed by atoms with Crippen LogP contribution in [0.1, 0.15) is 20.9 Å². The summed E-state index contributed by atoms with van der Waals surface area (Å²) in [4.78, 5) is 52.1. The first-order valence-electron chi connectivity index (χ1n) is 11.4. The largest absolute Gasteiger partial charge is 0.459 e. The Kier molecular flexibility index (Phi) is 7.97. The van der Waals surface area contributed by atoms with Gasteiger partial charge in [0.1, 0.15) is 18.0 Å². The van der Waals surface area contributed by atoms with Crippen molar-refractivity contribution in [1.82, 2.24) is 15.1 Å². The first-order chi connectivity index (χ1) is 17.5. The lowest BCUT2D eigenvalue weighted by molar-refractivity contribution is -0.151. The molecule has 1 aromatic heterocycles. The molecule has 2 aromatic carbocycles. The fraction of sp³-hybridized carbons (Fsp3) is 0.231. The summed E-state index contributed by atoms with van der Waals surface area (Å²) < 4.78 is 15.8. The number of rotatable bonds is 8. The SMILES string of the molecule is O=C(CNC(=O)c1ccc(Oc2ccccc2)cc1)OCC(=O)N1CCN(C(=O)c2ccco2)CC1. The molecule has 3 aromatic rings. The second-order valence-electron chi connectivity index (χ2n) is 7.93. The van der Waals surface area contributed by atoms with E-state index in [1.165, 1.54) is 11.2 Å². The lowest BCUT2D eigenvalue weighted by atomic mass is 10.2. The van der Waals surface area contributed by atoms with Crippen LogP contribution < -0.4 is 10.1 Å². The molecule has 1 aliphatic rings. The minimum absolute atomic E-state index is 0.229. The van der Waals surface area contributed by atoms with Crippen molar-refractivity contribution in [2.24, 2.45) is 0 Å². The van der Waals surface area contributed by atoms with E-state index in [1.54, 1.807) is 41.3 Å². The molecule has 0 spiro atoms. The minimum Gasteiger partial charge on any atom is -0.459 e. The Labute approximate surface area is 207 Å². The summed E-state index contributed by atoms with van der Waals surface area (Å²) in [6.07, 6.45) is 1.43. The number of para-hydroxylation sites is 1. The predicted molar refractivity (Wildman–Crippen MR) is 127 cm³/mol. The number of piperazine rings is 1. The van der Waals surface area contributed by atoms with Gasteiger partial charge in [-0.1, -0.05) is 18.2 Å². The molecule has 0 radical (unpaired) electrons. The van der Waals surface area contributed by atoms with Gasteiger partial charge in [-0.15, -0.1) is 0 Å². The van der Waals surface area contributed by atoms with Gasteiger partial charge in [0, 0.05) is 31.7 Å². The van der Waals surface area contributed by atoms with Crippen molar-refractivity contribution in [1.29, 1.82) is 0 Å². The van der Waals surface area contributed by atoms with Crippen LogP contribution in [0.2, 0.25) is 0 Å².